The fourth-order valence-electron chi connectivity index (χ4n) is 6.79. The summed E-state index contributed by atoms with van der Waals surface area (Å²) < 4.78 is 55.8. The van der Waals surface area contributed by atoms with Gasteiger partial charge in [-0.2, -0.15) is 0 Å². The molecule has 1 aromatic heterocycles. The highest BCUT2D eigenvalue weighted by atomic mass is 31.1. The number of hydrogen-bond acceptors (Lipinski definition) is 12. The van der Waals surface area contributed by atoms with E-state index in [1.165, 1.54) is 0 Å². The molecule has 3 aromatic carbocycles. The van der Waals surface area contributed by atoms with Gasteiger partial charge in [-0.3, -0.25) is 0 Å². The molecule has 0 saturated carbocycles. The summed E-state index contributed by atoms with van der Waals surface area (Å²) in [5.74, 6) is 0. The maximum atomic E-state index is 14.3. The molecule has 0 aliphatic heterocycles. The largest absolute Gasteiger partial charge is 0.379 e. The van der Waals surface area contributed by atoms with Crippen LogP contribution in [0.25, 0.3) is 0 Å². The van der Waals surface area contributed by atoms with Crippen molar-refractivity contribution >= 4 is 42.3 Å². The summed E-state index contributed by atoms with van der Waals surface area (Å²) in [6.07, 6.45) is 5.38. The minimum absolute atomic E-state index is 0.204. The molecule has 0 fully saturated rings. The van der Waals surface area contributed by atoms with Crippen LogP contribution >= 0.6 is 26.4 Å². The summed E-state index contributed by atoms with van der Waals surface area (Å²) in [7, 11) is -0.612. The fourth-order valence-corrected chi connectivity index (χ4v) is 9.25. The Hall–Kier alpha value is -3.00. The predicted molar refractivity (Wildman–Crippen MR) is 281 cm³/mol. The first-order chi connectivity index (χ1) is 33.7. The molecule has 6 unspecified atom stereocenters. The van der Waals surface area contributed by atoms with Crippen molar-refractivity contribution in [1.29, 1.82) is 0 Å². The van der Waals surface area contributed by atoms with E-state index in [-0.39, 0.29) is 26.4 Å². The van der Waals surface area contributed by atoms with Gasteiger partial charge in [-0.05, 0) is 110 Å². The highest BCUT2D eigenvalue weighted by molar-refractivity contribution is 7.42. The third kappa shape index (κ3) is 22.1. The van der Waals surface area contributed by atoms with E-state index in [4.69, 9.17) is 42.0 Å². The Morgan fingerprint density at radius 1 is 0.391 bits per heavy atom. The van der Waals surface area contributed by atoms with Crippen molar-refractivity contribution < 1.29 is 42.0 Å². The number of nitrogens with zero attached hydrogens (tertiary/aromatic N) is 3. The van der Waals surface area contributed by atoms with E-state index < -0.39 is 35.8 Å². The zero-order valence-corrected chi connectivity index (χ0v) is 44.8. The molecule has 0 N–H and O–H groups in total. The fraction of sp³-hybridized carbons (Fsp3) is 0.588. The van der Waals surface area contributed by atoms with Crippen molar-refractivity contribution in [3.63, 3.8) is 0 Å². The molecular weight excluding hydrogens is 939 g/mol. The van der Waals surface area contributed by atoms with Crippen LogP contribution in [0.15, 0.2) is 87.2 Å². The van der Waals surface area contributed by atoms with Gasteiger partial charge in [0.15, 0.2) is 0 Å². The van der Waals surface area contributed by atoms with Gasteiger partial charge in [0.25, 0.3) is 0 Å². The highest BCUT2D eigenvalue weighted by Crippen LogP contribution is 2.24. The van der Waals surface area contributed by atoms with Crippen LogP contribution in [-0.2, 0) is 61.3 Å². The lowest BCUT2D eigenvalue weighted by molar-refractivity contribution is 0.0479. The summed E-state index contributed by atoms with van der Waals surface area (Å²) in [4.78, 5) is 43.0. The molecule has 0 aliphatic carbocycles. The SMILES string of the molecule is CCCCOCCOCCc1cccc(POC(C)n2c(=O)n(C(C)OPc3cccc(CCOCCOCCCC)c3)c(=O)n(C(C)OPc3cccc(CCOCCOCCCC)c3)c2=O)c1. The van der Waals surface area contributed by atoms with E-state index in [2.05, 4.69) is 20.8 Å². The smallest absolute Gasteiger partial charge is 0.340 e. The lowest BCUT2D eigenvalue weighted by Crippen LogP contribution is -2.57. The second kappa shape index (κ2) is 35.2. The molecule has 1 heterocycles. The Balaban J connectivity index is 1.47. The average Bonchev–Trinajstić information content (AvgIpc) is 3.35. The normalized spacial score (nSPS) is 13.5. The molecule has 4 aromatic rings. The van der Waals surface area contributed by atoms with Crippen LogP contribution in [0, 0.1) is 0 Å². The topological polar surface area (TPSA) is 149 Å². The minimum Gasteiger partial charge on any atom is -0.379 e. The van der Waals surface area contributed by atoms with Crippen molar-refractivity contribution in [3.05, 3.63) is 121 Å². The van der Waals surface area contributed by atoms with Crippen LogP contribution in [0.2, 0.25) is 0 Å². The second-order valence-electron chi connectivity index (χ2n) is 16.5. The summed E-state index contributed by atoms with van der Waals surface area (Å²) in [5.41, 5.74) is 0.670. The molecule has 0 bridgehead atoms. The molecule has 0 aliphatic rings. The van der Waals surface area contributed by atoms with Crippen molar-refractivity contribution in [3.8, 4) is 0 Å². The third-order valence-corrected chi connectivity index (χ3v) is 13.8. The van der Waals surface area contributed by atoms with Crippen LogP contribution in [0.1, 0.15) is 115 Å². The summed E-state index contributed by atoms with van der Waals surface area (Å²) in [6.45, 7) is 18.5. The van der Waals surface area contributed by atoms with E-state index in [1.807, 2.05) is 72.8 Å². The molecule has 384 valence electrons. The number of benzene rings is 3. The zero-order chi connectivity index (χ0) is 49.5. The third-order valence-electron chi connectivity index (χ3n) is 10.8. The Morgan fingerprint density at radius 2 is 0.652 bits per heavy atom. The Labute approximate surface area is 414 Å². The molecule has 15 nitrogen and oxygen atoms in total. The van der Waals surface area contributed by atoms with Gasteiger partial charge in [0.05, 0.1) is 59.5 Å². The Bertz CT molecular complexity index is 1930. The van der Waals surface area contributed by atoms with Gasteiger partial charge in [-0.1, -0.05) is 94.6 Å². The average molecular weight is 1020 g/mol. The van der Waals surface area contributed by atoms with E-state index in [0.717, 1.165) is 105 Å². The molecule has 18 heteroatoms. The van der Waals surface area contributed by atoms with Gasteiger partial charge in [-0.15, -0.1) is 0 Å². The van der Waals surface area contributed by atoms with Crippen molar-refractivity contribution in [2.24, 2.45) is 0 Å². The standard InChI is InChI=1S/C51H78N3O12P3/c1-7-10-25-58-31-34-61-28-22-43-16-13-19-46(37-43)67-64-40(4)52-49(55)53(41(5)65-68-47-20-14-17-44(38-47)23-29-62-35-32-59-26-11-8-2)51(57)54(50(52)56)42(6)66-69-48-21-15-18-45(39-48)24-30-63-36-33-60-27-12-9-3/h13-21,37-42,67-69H,7-12,22-36H2,1-6H3. The number of hydrogen-bond donors (Lipinski definition) is 0. The van der Waals surface area contributed by atoms with Gasteiger partial charge in [-0.25, -0.2) is 28.1 Å². The lowest BCUT2D eigenvalue weighted by Gasteiger charge is -2.24. The molecule has 0 radical (unpaired) electrons. The first-order valence-corrected chi connectivity index (χ1v) is 27.4. The van der Waals surface area contributed by atoms with Crippen LogP contribution in [0.4, 0.5) is 0 Å². The maximum Gasteiger partial charge on any atom is 0.340 e. The van der Waals surface area contributed by atoms with Crippen LogP contribution in [0.5, 0.6) is 0 Å². The molecule has 4 rings (SSSR count). The van der Waals surface area contributed by atoms with Gasteiger partial charge in [0.1, 0.15) is 18.7 Å². The molecular formula is C51H78N3O12P3. The van der Waals surface area contributed by atoms with E-state index in [1.54, 1.807) is 20.8 Å². The quantitative estimate of drug-likeness (QED) is 0.0319. The maximum absolute atomic E-state index is 14.3. The number of rotatable bonds is 39. The molecule has 6 atom stereocenters. The zero-order valence-electron chi connectivity index (χ0n) is 41.8. The number of aromatic nitrogens is 3. The molecule has 0 saturated heterocycles. The Morgan fingerprint density at radius 3 is 0.913 bits per heavy atom. The van der Waals surface area contributed by atoms with Gasteiger partial charge in [0.2, 0.25) is 0 Å². The second-order valence-corrected chi connectivity index (χ2v) is 19.6. The van der Waals surface area contributed by atoms with Gasteiger partial charge in [0, 0.05) is 46.2 Å². The lowest BCUT2D eigenvalue weighted by atomic mass is 10.2. The molecule has 0 amide bonds. The molecule has 69 heavy (non-hydrogen) atoms. The summed E-state index contributed by atoms with van der Waals surface area (Å²) >= 11 is 0. The Kier molecular flexibility index (Phi) is 29.9. The van der Waals surface area contributed by atoms with E-state index in [0.29, 0.717) is 78.7 Å². The first kappa shape index (κ1) is 58.6. The van der Waals surface area contributed by atoms with Crippen LogP contribution < -0.4 is 33.0 Å². The van der Waals surface area contributed by atoms with E-state index in [9.17, 15) is 14.4 Å². The molecule has 0 spiro atoms. The monoisotopic (exact) mass is 1020 g/mol. The minimum atomic E-state index is -1.05. The summed E-state index contributed by atoms with van der Waals surface area (Å²) in [6, 6.07) is 23.8. The van der Waals surface area contributed by atoms with Crippen molar-refractivity contribution in [2.45, 2.75) is 118 Å². The highest BCUT2D eigenvalue weighted by Gasteiger charge is 2.26. The van der Waals surface area contributed by atoms with Crippen LogP contribution in [-0.4, -0.2) is 93.0 Å². The number of unbranched alkanes of at least 4 members (excludes halogenated alkanes) is 3. The van der Waals surface area contributed by atoms with E-state index >= 15 is 0 Å². The van der Waals surface area contributed by atoms with Gasteiger partial charge < -0.3 is 42.0 Å². The van der Waals surface area contributed by atoms with Gasteiger partial charge >= 0.3 is 17.1 Å². The first-order valence-electron chi connectivity index (χ1n) is 24.6. The number of ether oxygens (including phenoxy) is 6. The van der Waals surface area contributed by atoms with Crippen LogP contribution in [0.3, 0.4) is 0 Å². The predicted octanol–water partition coefficient (Wildman–Crippen LogP) is 7.66. The van der Waals surface area contributed by atoms with Crippen molar-refractivity contribution in [2.75, 3.05) is 79.3 Å². The van der Waals surface area contributed by atoms with Crippen molar-refractivity contribution in [1.82, 2.24) is 13.7 Å². The summed E-state index contributed by atoms with van der Waals surface area (Å²) in [5, 5.41) is 2.65.